The molecule has 0 spiro atoms. The van der Waals surface area contributed by atoms with Crippen molar-refractivity contribution in [2.75, 3.05) is 0 Å². The molecule has 98 valence electrons. The van der Waals surface area contributed by atoms with Gasteiger partial charge in [-0.05, 0) is 13.0 Å². The van der Waals surface area contributed by atoms with Gasteiger partial charge in [-0.3, -0.25) is 9.36 Å². The normalized spacial score (nSPS) is 13.7. The zero-order valence-electron chi connectivity index (χ0n) is 9.61. The number of amides is 1. The topological polar surface area (TPSA) is 122 Å². The van der Waals surface area contributed by atoms with E-state index in [1.165, 1.54) is 25.4 Å². The van der Waals surface area contributed by atoms with Crippen LogP contribution in [0.4, 0.5) is 0 Å². The molecule has 2 atom stereocenters. The van der Waals surface area contributed by atoms with Crippen molar-refractivity contribution >= 4 is 11.9 Å². The lowest BCUT2D eigenvalue weighted by Gasteiger charge is -2.17. The standard InChI is InChI=1S/C10H13N3O5/c1-6(14)8(9(16)17)12-7(15)5-13-4-2-3-11-10(13)18/h2-4,6,8,14H,5H2,1H3,(H,12,15)(H,16,17). The Kier molecular flexibility index (Phi) is 4.55. The first-order chi connectivity index (χ1) is 8.41. The first-order valence-electron chi connectivity index (χ1n) is 5.13. The summed E-state index contributed by atoms with van der Waals surface area (Å²) in [4.78, 5) is 36.9. The van der Waals surface area contributed by atoms with E-state index >= 15 is 0 Å². The molecule has 0 aromatic carbocycles. The summed E-state index contributed by atoms with van der Waals surface area (Å²) in [5, 5.41) is 20.0. The molecule has 1 aromatic heterocycles. The van der Waals surface area contributed by atoms with E-state index in [4.69, 9.17) is 5.11 Å². The van der Waals surface area contributed by atoms with E-state index in [0.29, 0.717) is 0 Å². The Morgan fingerprint density at radius 3 is 2.72 bits per heavy atom. The van der Waals surface area contributed by atoms with Gasteiger partial charge in [-0.25, -0.2) is 14.6 Å². The molecule has 1 rings (SSSR count). The molecule has 0 aliphatic rings. The molecule has 0 saturated heterocycles. The van der Waals surface area contributed by atoms with E-state index in [2.05, 4.69) is 10.3 Å². The predicted molar refractivity (Wildman–Crippen MR) is 59.7 cm³/mol. The van der Waals surface area contributed by atoms with Crippen molar-refractivity contribution < 1.29 is 19.8 Å². The molecule has 3 N–H and O–H groups in total. The lowest BCUT2D eigenvalue weighted by molar-refractivity contribution is -0.144. The number of carboxylic acid groups (broad SMARTS) is 1. The quantitative estimate of drug-likeness (QED) is 0.570. The second kappa shape index (κ2) is 5.92. The molecular formula is C10H13N3O5. The number of aliphatic hydroxyl groups excluding tert-OH is 1. The maximum Gasteiger partial charge on any atom is 0.347 e. The number of aliphatic carboxylic acids is 1. The lowest BCUT2D eigenvalue weighted by Crippen LogP contribution is -2.49. The number of rotatable bonds is 5. The van der Waals surface area contributed by atoms with Crippen molar-refractivity contribution in [2.24, 2.45) is 0 Å². The number of aliphatic hydroxyl groups is 1. The molecule has 0 radical (unpaired) electrons. The molecule has 1 heterocycles. The number of carbonyl (C=O) groups is 2. The number of hydrogen-bond donors (Lipinski definition) is 3. The molecule has 0 saturated carbocycles. The number of nitrogens with one attached hydrogen (secondary N) is 1. The number of carboxylic acids is 1. The molecule has 8 nitrogen and oxygen atoms in total. The molecular weight excluding hydrogens is 242 g/mol. The maximum absolute atomic E-state index is 11.5. The third-order valence-corrected chi connectivity index (χ3v) is 2.16. The van der Waals surface area contributed by atoms with Crippen LogP contribution < -0.4 is 11.0 Å². The van der Waals surface area contributed by atoms with Crippen LogP contribution in [-0.2, 0) is 16.1 Å². The number of aromatic nitrogens is 2. The molecule has 0 fully saturated rings. The van der Waals surface area contributed by atoms with E-state index < -0.39 is 29.7 Å². The molecule has 8 heteroatoms. The molecule has 2 unspecified atom stereocenters. The minimum absolute atomic E-state index is 0.358. The number of hydrogen-bond acceptors (Lipinski definition) is 5. The average molecular weight is 255 g/mol. The van der Waals surface area contributed by atoms with Crippen LogP contribution in [0.15, 0.2) is 23.3 Å². The monoisotopic (exact) mass is 255 g/mol. The summed E-state index contributed by atoms with van der Waals surface area (Å²) in [6, 6.07) is 0.0581. The van der Waals surface area contributed by atoms with E-state index in [9.17, 15) is 19.5 Å². The summed E-state index contributed by atoms with van der Waals surface area (Å²) in [6.45, 7) is 0.887. The Balaban J connectivity index is 2.70. The number of carbonyl (C=O) groups excluding carboxylic acids is 1. The van der Waals surface area contributed by atoms with Gasteiger partial charge in [-0.2, -0.15) is 0 Å². The van der Waals surface area contributed by atoms with Crippen molar-refractivity contribution in [1.29, 1.82) is 0 Å². The zero-order chi connectivity index (χ0) is 13.7. The van der Waals surface area contributed by atoms with Gasteiger partial charge >= 0.3 is 11.7 Å². The summed E-state index contributed by atoms with van der Waals surface area (Å²) < 4.78 is 1.02. The highest BCUT2D eigenvalue weighted by Crippen LogP contribution is 1.93. The van der Waals surface area contributed by atoms with E-state index in [0.717, 1.165) is 4.57 Å². The van der Waals surface area contributed by atoms with Gasteiger partial charge in [0.15, 0.2) is 6.04 Å². The van der Waals surface area contributed by atoms with Crippen LogP contribution in [0.3, 0.4) is 0 Å². The maximum atomic E-state index is 11.5. The molecule has 0 bridgehead atoms. The van der Waals surface area contributed by atoms with E-state index in [1.54, 1.807) is 0 Å². The fraction of sp³-hybridized carbons (Fsp3) is 0.400. The third-order valence-electron chi connectivity index (χ3n) is 2.16. The van der Waals surface area contributed by atoms with Crippen LogP contribution in [-0.4, -0.2) is 43.8 Å². The van der Waals surface area contributed by atoms with Crippen LogP contribution in [0.2, 0.25) is 0 Å². The summed E-state index contributed by atoms with van der Waals surface area (Å²) in [5.74, 6) is -2.05. The molecule has 1 aromatic rings. The fourth-order valence-corrected chi connectivity index (χ4v) is 1.27. The van der Waals surface area contributed by atoms with Crippen LogP contribution >= 0.6 is 0 Å². The highest BCUT2D eigenvalue weighted by Gasteiger charge is 2.24. The zero-order valence-corrected chi connectivity index (χ0v) is 9.61. The Morgan fingerprint density at radius 1 is 1.56 bits per heavy atom. The van der Waals surface area contributed by atoms with Crippen molar-refractivity contribution in [3.63, 3.8) is 0 Å². The fourth-order valence-electron chi connectivity index (χ4n) is 1.27. The Labute approximate surface area is 102 Å². The van der Waals surface area contributed by atoms with Gasteiger partial charge in [0.2, 0.25) is 5.91 Å². The summed E-state index contributed by atoms with van der Waals surface area (Å²) in [5.41, 5.74) is -0.614. The highest BCUT2D eigenvalue weighted by atomic mass is 16.4. The van der Waals surface area contributed by atoms with Gasteiger partial charge in [-0.1, -0.05) is 0 Å². The summed E-state index contributed by atoms with van der Waals surface area (Å²) >= 11 is 0. The van der Waals surface area contributed by atoms with Crippen molar-refractivity contribution in [1.82, 2.24) is 14.9 Å². The van der Waals surface area contributed by atoms with Crippen molar-refractivity contribution in [2.45, 2.75) is 25.6 Å². The first-order valence-corrected chi connectivity index (χ1v) is 5.13. The number of nitrogens with zero attached hydrogens (tertiary/aromatic N) is 2. The van der Waals surface area contributed by atoms with E-state index in [1.807, 2.05) is 0 Å². The van der Waals surface area contributed by atoms with Crippen LogP contribution in [0.25, 0.3) is 0 Å². The van der Waals surface area contributed by atoms with Crippen LogP contribution in [0, 0.1) is 0 Å². The Morgan fingerprint density at radius 2 is 2.22 bits per heavy atom. The summed E-state index contributed by atoms with van der Waals surface area (Å²) in [7, 11) is 0. The highest BCUT2D eigenvalue weighted by molar-refractivity contribution is 5.83. The van der Waals surface area contributed by atoms with Gasteiger partial charge in [0.05, 0.1) is 6.10 Å². The average Bonchev–Trinajstić information content (AvgIpc) is 2.28. The van der Waals surface area contributed by atoms with Crippen molar-refractivity contribution in [3.05, 3.63) is 28.9 Å². The van der Waals surface area contributed by atoms with Crippen LogP contribution in [0.5, 0.6) is 0 Å². The van der Waals surface area contributed by atoms with Gasteiger partial charge in [0.25, 0.3) is 0 Å². The second-order valence-corrected chi connectivity index (χ2v) is 3.65. The first kappa shape index (κ1) is 13.8. The van der Waals surface area contributed by atoms with Gasteiger partial charge < -0.3 is 15.5 Å². The largest absolute Gasteiger partial charge is 0.480 e. The van der Waals surface area contributed by atoms with Gasteiger partial charge in [0.1, 0.15) is 6.54 Å². The predicted octanol–water partition coefficient (Wildman–Crippen LogP) is -1.81. The Bertz CT molecular complexity index is 496. The molecule has 1 amide bonds. The third kappa shape index (κ3) is 3.67. The van der Waals surface area contributed by atoms with Gasteiger partial charge in [0, 0.05) is 12.4 Å². The smallest absolute Gasteiger partial charge is 0.347 e. The minimum Gasteiger partial charge on any atom is -0.480 e. The second-order valence-electron chi connectivity index (χ2n) is 3.65. The minimum atomic E-state index is -1.41. The summed E-state index contributed by atoms with van der Waals surface area (Å²) in [6.07, 6.45) is 1.40. The van der Waals surface area contributed by atoms with Gasteiger partial charge in [-0.15, -0.1) is 0 Å². The Hall–Kier alpha value is -2.22. The van der Waals surface area contributed by atoms with E-state index in [-0.39, 0.29) is 6.54 Å². The van der Waals surface area contributed by atoms with Crippen LogP contribution in [0.1, 0.15) is 6.92 Å². The van der Waals surface area contributed by atoms with Crippen molar-refractivity contribution in [3.8, 4) is 0 Å². The molecule has 0 aliphatic heterocycles. The lowest BCUT2D eigenvalue weighted by atomic mass is 10.2. The molecule has 0 aliphatic carbocycles. The SMILES string of the molecule is CC(O)C(NC(=O)Cn1cccnc1=O)C(=O)O. The molecule has 18 heavy (non-hydrogen) atoms.